The number of amides is 3. The Morgan fingerprint density at radius 2 is 1.57 bits per heavy atom. The van der Waals surface area contributed by atoms with Gasteiger partial charge in [-0.25, -0.2) is 9.29 Å². The van der Waals surface area contributed by atoms with E-state index in [2.05, 4.69) is 33.0 Å². The number of hydrogen-bond donors (Lipinski definition) is 0. The van der Waals surface area contributed by atoms with E-state index in [1.807, 2.05) is 18.2 Å². The maximum atomic E-state index is 13.8. The number of rotatable bonds is 6. The van der Waals surface area contributed by atoms with Crippen molar-refractivity contribution in [2.24, 2.45) is 0 Å². The minimum absolute atomic E-state index is 0.0773. The van der Waals surface area contributed by atoms with Crippen molar-refractivity contribution in [2.45, 2.75) is 37.9 Å². The highest BCUT2D eigenvalue weighted by Gasteiger charge is 2.47. The summed E-state index contributed by atoms with van der Waals surface area (Å²) in [4.78, 5) is 45.5. The summed E-state index contributed by atoms with van der Waals surface area (Å²) in [7, 11) is 0. The van der Waals surface area contributed by atoms with E-state index in [0.29, 0.717) is 24.1 Å². The number of hydrogen-bond acceptors (Lipinski definition) is 4. The normalized spacial score (nSPS) is 18.9. The lowest BCUT2D eigenvalue weighted by Gasteiger charge is -2.40. The van der Waals surface area contributed by atoms with Crippen LogP contribution in [-0.2, 0) is 16.1 Å². The van der Waals surface area contributed by atoms with Gasteiger partial charge < -0.3 is 4.90 Å². The monoisotopic (exact) mass is 563 g/mol. The number of carbonyl (C=O) groups excluding carboxylic acids is 3. The maximum Gasteiger partial charge on any atom is 0.257 e. The van der Waals surface area contributed by atoms with Crippen molar-refractivity contribution in [3.05, 3.63) is 100 Å². The van der Waals surface area contributed by atoms with E-state index in [1.54, 1.807) is 29.2 Å². The zero-order valence-electron chi connectivity index (χ0n) is 20.2. The van der Waals surface area contributed by atoms with Crippen molar-refractivity contribution in [3.8, 4) is 0 Å². The van der Waals surface area contributed by atoms with Crippen molar-refractivity contribution in [1.29, 1.82) is 0 Å². The second-order valence-corrected chi connectivity index (χ2v) is 10.4. The molecule has 190 valence electrons. The van der Waals surface area contributed by atoms with Crippen LogP contribution in [0.15, 0.2) is 83.3 Å². The van der Waals surface area contributed by atoms with E-state index in [1.165, 1.54) is 34.7 Å². The van der Waals surface area contributed by atoms with Crippen LogP contribution in [0.25, 0.3) is 0 Å². The second kappa shape index (κ2) is 10.9. The highest BCUT2D eigenvalue weighted by Crippen LogP contribution is 2.31. The van der Waals surface area contributed by atoms with Gasteiger partial charge in [0.2, 0.25) is 5.91 Å². The number of piperidine rings is 1. The molecular formula is C29H27BrFN3O3. The standard InChI is InChI=1S/C29H27BrFN3O3/c30-22-8-12-24(13-9-22)34-27(35)18-26(29(34)37)33(28(36)21-6-10-23(31)11-7-21)25-14-16-32(17-15-25)19-20-4-2-1-3-5-20/h1-13,25-26H,14-19H2. The Kier molecular flexibility index (Phi) is 7.48. The molecule has 0 saturated carbocycles. The van der Waals surface area contributed by atoms with Crippen LogP contribution in [0.1, 0.15) is 35.2 Å². The van der Waals surface area contributed by atoms with Gasteiger partial charge in [0.15, 0.2) is 0 Å². The third-order valence-corrected chi connectivity index (χ3v) is 7.60. The Labute approximate surface area is 223 Å². The third kappa shape index (κ3) is 5.50. The lowest BCUT2D eigenvalue weighted by Crippen LogP contribution is -2.54. The predicted molar refractivity (Wildman–Crippen MR) is 142 cm³/mol. The largest absolute Gasteiger partial charge is 0.323 e. The Bertz CT molecular complexity index is 1280. The quantitative estimate of drug-likeness (QED) is 0.395. The zero-order valence-corrected chi connectivity index (χ0v) is 21.8. The van der Waals surface area contributed by atoms with Crippen LogP contribution >= 0.6 is 15.9 Å². The zero-order chi connectivity index (χ0) is 25.9. The Morgan fingerprint density at radius 1 is 0.919 bits per heavy atom. The summed E-state index contributed by atoms with van der Waals surface area (Å²) in [6, 6.07) is 21.4. The molecule has 0 bridgehead atoms. The van der Waals surface area contributed by atoms with Gasteiger partial charge in [-0.3, -0.25) is 19.3 Å². The fourth-order valence-electron chi connectivity index (χ4n) is 5.20. The van der Waals surface area contributed by atoms with E-state index in [4.69, 9.17) is 0 Å². The van der Waals surface area contributed by atoms with Crippen LogP contribution in [0.4, 0.5) is 10.1 Å². The fourth-order valence-corrected chi connectivity index (χ4v) is 5.46. The molecule has 2 aliphatic heterocycles. The molecule has 3 aromatic rings. The Hall–Kier alpha value is -3.36. The second-order valence-electron chi connectivity index (χ2n) is 9.48. The van der Waals surface area contributed by atoms with Crippen LogP contribution in [0.2, 0.25) is 0 Å². The smallest absolute Gasteiger partial charge is 0.257 e. The number of nitrogens with zero attached hydrogens (tertiary/aromatic N) is 3. The summed E-state index contributed by atoms with van der Waals surface area (Å²) in [6.07, 6.45) is 1.28. The number of likely N-dealkylation sites (tertiary alicyclic amines) is 1. The molecule has 0 radical (unpaired) electrons. The molecule has 1 atom stereocenters. The first-order valence-electron chi connectivity index (χ1n) is 12.4. The average Bonchev–Trinajstić information content (AvgIpc) is 3.20. The van der Waals surface area contributed by atoms with Crippen LogP contribution in [-0.4, -0.2) is 52.7 Å². The first-order valence-corrected chi connectivity index (χ1v) is 13.2. The molecule has 0 spiro atoms. The molecule has 5 rings (SSSR count). The molecule has 3 amide bonds. The molecule has 2 saturated heterocycles. The van der Waals surface area contributed by atoms with Gasteiger partial charge in [-0.05, 0) is 66.9 Å². The van der Waals surface area contributed by atoms with Gasteiger partial charge in [-0.15, -0.1) is 0 Å². The molecule has 0 N–H and O–H groups in total. The average molecular weight is 564 g/mol. The van der Waals surface area contributed by atoms with E-state index in [-0.39, 0.29) is 24.3 Å². The Morgan fingerprint density at radius 3 is 2.22 bits per heavy atom. The van der Waals surface area contributed by atoms with Gasteiger partial charge in [0.05, 0.1) is 12.1 Å². The van der Waals surface area contributed by atoms with Crippen molar-refractivity contribution < 1.29 is 18.8 Å². The van der Waals surface area contributed by atoms with E-state index in [0.717, 1.165) is 24.1 Å². The van der Waals surface area contributed by atoms with Gasteiger partial charge in [-0.1, -0.05) is 46.3 Å². The highest BCUT2D eigenvalue weighted by molar-refractivity contribution is 9.10. The molecule has 2 fully saturated rings. The van der Waals surface area contributed by atoms with Crippen LogP contribution in [0, 0.1) is 5.82 Å². The molecule has 2 aliphatic rings. The lowest BCUT2D eigenvalue weighted by molar-refractivity contribution is -0.123. The van der Waals surface area contributed by atoms with Gasteiger partial charge in [0.1, 0.15) is 11.9 Å². The number of halogens is 2. The van der Waals surface area contributed by atoms with Crippen molar-refractivity contribution in [1.82, 2.24) is 9.80 Å². The highest BCUT2D eigenvalue weighted by atomic mass is 79.9. The van der Waals surface area contributed by atoms with Gasteiger partial charge >= 0.3 is 0 Å². The van der Waals surface area contributed by atoms with Gasteiger partial charge in [-0.2, -0.15) is 0 Å². The first-order chi connectivity index (χ1) is 17.9. The molecule has 2 heterocycles. The molecule has 0 aliphatic carbocycles. The van der Waals surface area contributed by atoms with E-state index < -0.39 is 17.8 Å². The number of anilines is 1. The first kappa shape index (κ1) is 25.3. The molecule has 3 aromatic carbocycles. The van der Waals surface area contributed by atoms with Crippen molar-refractivity contribution in [3.63, 3.8) is 0 Å². The van der Waals surface area contributed by atoms with Crippen LogP contribution in [0.3, 0.4) is 0 Å². The molecule has 6 nitrogen and oxygen atoms in total. The lowest BCUT2D eigenvalue weighted by atomic mass is 9.98. The minimum Gasteiger partial charge on any atom is -0.323 e. The van der Waals surface area contributed by atoms with E-state index in [9.17, 15) is 18.8 Å². The summed E-state index contributed by atoms with van der Waals surface area (Å²) in [5.41, 5.74) is 2.00. The molecule has 0 aromatic heterocycles. The summed E-state index contributed by atoms with van der Waals surface area (Å²) in [6.45, 7) is 2.34. The van der Waals surface area contributed by atoms with Crippen LogP contribution in [0.5, 0.6) is 0 Å². The summed E-state index contributed by atoms with van der Waals surface area (Å²) in [5.74, 6) is -1.54. The summed E-state index contributed by atoms with van der Waals surface area (Å²) >= 11 is 3.38. The fraction of sp³-hybridized carbons (Fsp3) is 0.276. The van der Waals surface area contributed by atoms with Crippen molar-refractivity contribution in [2.75, 3.05) is 18.0 Å². The SMILES string of the molecule is O=C1CC(N(C(=O)c2ccc(F)cc2)C2CCN(Cc3ccccc3)CC2)C(=O)N1c1ccc(Br)cc1. The predicted octanol–water partition coefficient (Wildman–Crippen LogP) is 5.03. The molecule has 8 heteroatoms. The number of carbonyl (C=O) groups is 3. The number of benzene rings is 3. The summed E-state index contributed by atoms with van der Waals surface area (Å²) < 4.78 is 14.4. The van der Waals surface area contributed by atoms with Crippen molar-refractivity contribution >= 4 is 39.3 Å². The Balaban J connectivity index is 1.39. The topological polar surface area (TPSA) is 60.9 Å². The number of imide groups is 1. The molecule has 1 unspecified atom stereocenters. The molecular weight excluding hydrogens is 537 g/mol. The summed E-state index contributed by atoms with van der Waals surface area (Å²) in [5, 5.41) is 0. The van der Waals surface area contributed by atoms with Gasteiger partial charge in [0.25, 0.3) is 11.8 Å². The molecule has 37 heavy (non-hydrogen) atoms. The maximum absolute atomic E-state index is 13.8. The van der Waals surface area contributed by atoms with Crippen LogP contribution < -0.4 is 4.90 Å². The van der Waals surface area contributed by atoms with E-state index >= 15 is 0 Å². The van der Waals surface area contributed by atoms with Gasteiger partial charge in [0, 0.05) is 35.7 Å². The minimum atomic E-state index is -0.903. The third-order valence-electron chi connectivity index (χ3n) is 7.07.